The van der Waals surface area contributed by atoms with Crippen LogP contribution in [-0.2, 0) is 15.5 Å². The zero-order valence-corrected chi connectivity index (χ0v) is 24.4. The standard InChI is InChI=1S/C31H32BrF2N3O4/c1-17(2)41-26-12-5-18-13-20(4-3-19(18)14-26)27(38)29(39)36-28(31(33,34)21-6-8-22(32)9-7-21)30(40)37-24-10-11-25(37)16-23(35)15-24/h3-9,12-14,17,23-25,28H,10-11,15-16,35H2,1-2H3,(H,36,39)/t23?,24?,25?,28-/m1/s1. The first-order valence-corrected chi connectivity index (χ1v) is 14.5. The molecule has 3 atom stereocenters. The molecule has 3 aromatic carbocycles. The first-order valence-electron chi connectivity index (χ1n) is 13.7. The maximum atomic E-state index is 16.0. The number of nitrogens with two attached hydrogens (primary N) is 1. The minimum Gasteiger partial charge on any atom is -0.491 e. The number of carbonyl (C=O) groups excluding carboxylic acids is 3. The summed E-state index contributed by atoms with van der Waals surface area (Å²) in [7, 11) is 0. The number of hydrogen-bond acceptors (Lipinski definition) is 5. The van der Waals surface area contributed by atoms with Crippen LogP contribution in [0.1, 0.15) is 55.5 Å². The van der Waals surface area contributed by atoms with Gasteiger partial charge in [0, 0.05) is 33.7 Å². The number of piperidine rings is 1. The average molecular weight is 629 g/mol. The molecule has 0 aliphatic carbocycles. The monoisotopic (exact) mass is 627 g/mol. The summed E-state index contributed by atoms with van der Waals surface area (Å²) in [6, 6.07) is 12.3. The van der Waals surface area contributed by atoms with E-state index in [9.17, 15) is 14.4 Å². The number of halogens is 3. The topological polar surface area (TPSA) is 102 Å². The molecule has 2 aliphatic rings. The molecule has 10 heteroatoms. The number of amides is 2. The quantitative estimate of drug-likeness (QED) is 0.260. The van der Waals surface area contributed by atoms with E-state index in [0.717, 1.165) is 5.39 Å². The Hall–Kier alpha value is -3.37. The van der Waals surface area contributed by atoms with Crippen molar-refractivity contribution < 1.29 is 27.9 Å². The van der Waals surface area contributed by atoms with E-state index in [1.54, 1.807) is 18.2 Å². The van der Waals surface area contributed by atoms with Crippen molar-refractivity contribution in [1.29, 1.82) is 0 Å². The Morgan fingerprint density at radius 2 is 1.59 bits per heavy atom. The summed E-state index contributed by atoms with van der Waals surface area (Å²) in [6.07, 6.45) is 2.32. The summed E-state index contributed by atoms with van der Waals surface area (Å²) in [5.41, 5.74) is 5.70. The third-order valence-corrected chi connectivity index (χ3v) is 8.32. The Labute approximate surface area is 245 Å². The molecule has 0 aromatic heterocycles. The average Bonchev–Trinajstić information content (AvgIpc) is 3.20. The van der Waals surface area contributed by atoms with E-state index in [0.29, 0.717) is 41.3 Å². The lowest BCUT2D eigenvalue weighted by atomic mass is 9.94. The van der Waals surface area contributed by atoms with Crippen LogP contribution in [-0.4, -0.2) is 52.8 Å². The van der Waals surface area contributed by atoms with Crippen LogP contribution in [0.4, 0.5) is 8.78 Å². The molecule has 2 fully saturated rings. The molecular formula is C31H32BrF2N3O4. The van der Waals surface area contributed by atoms with Crippen LogP contribution < -0.4 is 15.8 Å². The highest BCUT2D eigenvalue weighted by Gasteiger charge is 2.53. The van der Waals surface area contributed by atoms with Gasteiger partial charge < -0.3 is 20.7 Å². The molecule has 2 bridgehead atoms. The van der Waals surface area contributed by atoms with E-state index < -0.39 is 35.1 Å². The molecule has 5 rings (SSSR count). The molecule has 2 unspecified atom stereocenters. The Morgan fingerprint density at radius 3 is 2.22 bits per heavy atom. The number of ether oxygens (including phenoxy) is 1. The maximum Gasteiger partial charge on any atom is 0.302 e. The lowest BCUT2D eigenvalue weighted by molar-refractivity contribution is -0.152. The van der Waals surface area contributed by atoms with Gasteiger partial charge in [0.2, 0.25) is 5.78 Å². The van der Waals surface area contributed by atoms with Gasteiger partial charge in [-0.25, -0.2) is 0 Å². The molecule has 7 nitrogen and oxygen atoms in total. The van der Waals surface area contributed by atoms with Gasteiger partial charge in [0.05, 0.1) is 6.10 Å². The summed E-state index contributed by atoms with van der Waals surface area (Å²) in [5, 5.41) is 3.59. The predicted octanol–water partition coefficient (Wildman–Crippen LogP) is 5.33. The second-order valence-corrected chi connectivity index (χ2v) is 12.0. The highest BCUT2D eigenvalue weighted by atomic mass is 79.9. The molecule has 3 aromatic rings. The summed E-state index contributed by atoms with van der Waals surface area (Å²) >= 11 is 3.23. The fraction of sp³-hybridized carbons (Fsp3) is 0.387. The molecule has 0 saturated carbocycles. The molecule has 41 heavy (non-hydrogen) atoms. The highest BCUT2D eigenvalue weighted by Crippen LogP contribution is 2.39. The SMILES string of the molecule is CC(C)Oc1ccc2cc(C(=O)C(=O)N[C@H](C(=O)N3C4CCC3CC(N)C4)C(F)(F)c3ccc(Br)cc3)ccc2c1. The summed E-state index contributed by atoms with van der Waals surface area (Å²) in [6.45, 7) is 3.82. The van der Waals surface area contributed by atoms with Crippen molar-refractivity contribution in [2.45, 2.75) is 75.7 Å². The number of ketones is 1. The predicted molar refractivity (Wildman–Crippen MR) is 155 cm³/mol. The number of Topliss-reactive ketones (excluding diaryl/α,β-unsaturated/α-hetero) is 1. The van der Waals surface area contributed by atoms with E-state index in [1.807, 2.05) is 19.9 Å². The molecule has 2 saturated heterocycles. The largest absolute Gasteiger partial charge is 0.491 e. The number of alkyl halides is 2. The van der Waals surface area contributed by atoms with Crippen LogP contribution in [0.2, 0.25) is 0 Å². The summed E-state index contributed by atoms with van der Waals surface area (Å²) in [4.78, 5) is 41.6. The van der Waals surface area contributed by atoms with Gasteiger partial charge in [-0.3, -0.25) is 14.4 Å². The third kappa shape index (κ3) is 5.99. The first-order chi connectivity index (χ1) is 19.4. The van der Waals surface area contributed by atoms with Crippen molar-refractivity contribution in [3.05, 3.63) is 76.3 Å². The van der Waals surface area contributed by atoms with Crippen LogP contribution in [0.5, 0.6) is 5.75 Å². The molecule has 2 heterocycles. The Bertz CT molecular complexity index is 1470. The minimum atomic E-state index is -3.79. The van der Waals surface area contributed by atoms with E-state index >= 15 is 8.78 Å². The minimum absolute atomic E-state index is 0.0138. The van der Waals surface area contributed by atoms with Gasteiger partial charge in [-0.15, -0.1) is 0 Å². The lowest BCUT2D eigenvalue weighted by Crippen LogP contribution is -2.61. The smallest absolute Gasteiger partial charge is 0.302 e. The molecule has 216 valence electrons. The number of fused-ring (bicyclic) bond motifs is 3. The number of nitrogens with zero attached hydrogens (tertiary/aromatic N) is 1. The number of benzene rings is 3. The van der Waals surface area contributed by atoms with Gasteiger partial charge in [0.1, 0.15) is 5.75 Å². The van der Waals surface area contributed by atoms with Gasteiger partial charge in [-0.05, 0) is 80.6 Å². The fourth-order valence-electron chi connectivity index (χ4n) is 5.91. The van der Waals surface area contributed by atoms with Crippen LogP contribution >= 0.6 is 15.9 Å². The zero-order valence-electron chi connectivity index (χ0n) is 22.8. The Balaban J connectivity index is 1.43. The van der Waals surface area contributed by atoms with Gasteiger partial charge in [0.25, 0.3) is 11.8 Å². The van der Waals surface area contributed by atoms with Crippen LogP contribution in [0.15, 0.2) is 65.1 Å². The van der Waals surface area contributed by atoms with Gasteiger partial charge in [0.15, 0.2) is 6.04 Å². The van der Waals surface area contributed by atoms with Crippen molar-refractivity contribution in [3.8, 4) is 5.75 Å². The Kier molecular flexibility index (Phi) is 8.16. The molecule has 0 radical (unpaired) electrons. The zero-order chi connectivity index (χ0) is 29.5. The van der Waals surface area contributed by atoms with E-state index in [4.69, 9.17) is 10.5 Å². The highest BCUT2D eigenvalue weighted by molar-refractivity contribution is 9.10. The lowest BCUT2D eigenvalue weighted by Gasteiger charge is -2.41. The number of hydrogen-bond donors (Lipinski definition) is 2. The number of nitrogens with one attached hydrogen (secondary N) is 1. The fourth-order valence-corrected chi connectivity index (χ4v) is 6.18. The van der Waals surface area contributed by atoms with Gasteiger partial charge >= 0.3 is 5.92 Å². The normalized spacial score (nSPS) is 21.1. The van der Waals surface area contributed by atoms with Gasteiger partial charge in [-0.1, -0.05) is 46.3 Å². The first kappa shape index (κ1) is 29.1. The number of rotatable bonds is 8. The van der Waals surface area contributed by atoms with Crippen molar-refractivity contribution in [2.24, 2.45) is 5.73 Å². The van der Waals surface area contributed by atoms with E-state index in [1.165, 1.54) is 41.3 Å². The van der Waals surface area contributed by atoms with Crippen molar-refractivity contribution >= 4 is 44.3 Å². The molecule has 2 aliphatic heterocycles. The second-order valence-electron chi connectivity index (χ2n) is 11.1. The molecule has 2 amide bonds. The van der Waals surface area contributed by atoms with Crippen LogP contribution in [0.3, 0.4) is 0 Å². The second kappa shape index (κ2) is 11.5. The van der Waals surface area contributed by atoms with Crippen LogP contribution in [0.25, 0.3) is 10.8 Å². The van der Waals surface area contributed by atoms with Crippen molar-refractivity contribution in [2.75, 3.05) is 0 Å². The number of carbonyl (C=O) groups is 3. The van der Waals surface area contributed by atoms with Crippen molar-refractivity contribution in [3.63, 3.8) is 0 Å². The van der Waals surface area contributed by atoms with Crippen LogP contribution in [0, 0.1) is 0 Å². The summed E-state index contributed by atoms with van der Waals surface area (Å²) < 4.78 is 38.4. The van der Waals surface area contributed by atoms with Crippen molar-refractivity contribution in [1.82, 2.24) is 10.2 Å². The Morgan fingerprint density at radius 1 is 0.976 bits per heavy atom. The maximum absolute atomic E-state index is 16.0. The molecule has 3 N–H and O–H groups in total. The van der Waals surface area contributed by atoms with E-state index in [2.05, 4.69) is 21.2 Å². The van der Waals surface area contributed by atoms with Gasteiger partial charge in [-0.2, -0.15) is 8.78 Å². The van der Waals surface area contributed by atoms with E-state index in [-0.39, 0.29) is 29.8 Å². The third-order valence-electron chi connectivity index (χ3n) is 7.79. The summed E-state index contributed by atoms with van der Waals surface area (Å²) in [5.74, 6) is -6.32. The molecule has 0 spiro atoms. The molecular weight excluding hydrogens is 596 g/mol.